The Bertz CT molecular complexity index is 184. The lowest BCUT2D eigenvalue weighted by molar-refractivity contribution is 1.50. The molecule has 0 unspecified atom stereocenters. The highest BCUT2D eigenvalue weighted by Gasteiger charge is 1.58. The molecule has 0 spiro atoms. The number of rotatable bonds is 0. The second-order valence-electron chi connectivity index (χ2n) is 2.31. The fourth-order valence-corrected chi connectivity index (χ4v) is 0.770. The van der Waals surface area contributed by atoms with Crippen LogP contribution in [0.25, 0.3) is 0 Å². The zero-order valence-electron chi connectivity index (χ0n) is 10.9. The third-order valence-electron chi connectivity index (χ3n) is 1.33. The second kappa shape index (κ2) is 14.9. The standard InChI is InChI=1S/2C6H6.C2H6.CH4.H2/c2*1-2-4-6-5-3-1;1-2;;/h2*1-6H;1-2H3;1H4;1H/i;;;;1+1D. The van der Waals surface area contributed by atoms with Crippen LogP contribution in [0, 0.1) is 0 Å². The molecular weight excluding hydrogens is 180 g/mol. The van der Waals surface area contributed by atoms with Crippen molar-refractivity contribution in [1.29, 1.82) is 0 Å². The maximum Gasteiger partial charge on any atom is 0 e. The first kappa shape index (κ1) is 13.4. The van der Waals surface area contributed by atoms with Gasteiger partial charge >= 0.3 is 0 Å². The SMILES string of the molecule is C.CC.[2H][2H].c1ccccc1.c1ccccc1. The van der Waals surface area contributed by atoms with E-state index in [1.54, 1.807) is 0 Å². The Morgan fingerprint density at radius 2 is 0.533 bits per heavy atom. The van der Waals surface area contributed by atoms with Crippen LogP contribution in [0.1, 0.15) is 24.2 Å². The summed E-state index contributed by atoms with van der Waals surface area (Å²) in [7, 11) is 0. The molecule has 0 aliphatic heterocycles. The van der Waals surface area contributed by atoms with E-state index in [0.717, 1.165) is 0 Å². The summed E-state index contributed by atoms with van der Waals surface area (Å²) in [6, 6.07) is 24.0. The third kappa shape index (κ3) is 12.4. The van der Waals surface area contributed by atoms with Crippen LogP contribution < -0.4 is 0 Å². The summed E-state index contributed by atoms with van der Waals surface area (Å²) in [5, 5.41) is 0. The van der Waals surface area contributed by atoms with Crippen molar-refractivity contribution in [1.82, 2.24) is 0 Å². The molecule has 0 nitrogen and oxygen atoms in total. The van der Waals surface area contributed by atoms with Crippen LogP contribution in [0.5, 0.6) is 0 Å². The molecule has 2 aromatic carbocycles. The molecule has 0 bridgehead atoms. The number of benzene rings is 2. The smallest absolute Gasteiger partial charge is 0 e. The van der Waals surface area contributed by atoms with Gasteiger partial charge in [-0.1, -0.05) is 94.1 Å². The first-order valence-corrected chi connectivity index (χ1v) is 5.00. The fourth-order valence-electron chi connectivity index (χ4n) is 0.770. The summed E-state index contributed by atoms with van der Waals surface area (Å²) in [5.74, 6) is 0. The molecule has 15 heavy (non-hydrogen) atoms. The molecule has 0 radical (unpaired) electrons. The van der Waals surface area contributed by atoms with Crippen LogP contribution >= 0.6 is 0 Å². The van der Waals surface area contributed by atoms with Crippen molar-refractivity contribution >= 4 is 0 Å². The Balaban J connectivity index is -0.000000171. The van der Waals surface area contributed by atoms with E-state index in [-0.39, 0.29) is 7.43 Å². The molecule has 2 aromatic rings. The van der Waals surface area contributed by atoms with Gasteiger partial charge in [-0.25, -0.2) is 0 Å². The van der Waals surface area contributed by atoms with E-state index >= 15 is 0 Å². The summed E-state index contributed by atoms with van der Waals surface area (Å²) in [5.41, 5.74) is 0. The van der Waals surface area contributed by atoms with Gasteiger partial charge in [0.25, 0.3) is 0 Å². The molecule has 0 heteroatoms. The van der Waals surface area contributed by atoms with Crippen LogP contribution in [0.3, 0.4) is 0 Å². The number of hydrogen-bond acceptors (Lipinski definition) is 0. The normalized spacial score (nSPS) is 7.33. The van der Waals surface area contributed by atoms with Gasteiger partial charge in [0, 0.05) is 2.97 Å². The van der Waals surface area contributed by atoms with Crippen molar-refractivity contribution in [2.24, 2.45) is 0 Å². The highest BCUT2D eigenvalue weighted by molar-refractivity contribution is 4.99. The van der Waals surface area contributed by atoms with E-state index in [1.807, 2.05) is 86.6 Å². The minimum atomic E-state index is 0. The first-order chi connectivity index (χ1) is 8.00. The summed E-state index contributed by atoms with van der Waals surface area (Å²) < 4.78 is 10.0. The van der Waals surface area contributed by atoms with E-state index in [9.17, 15) is 0 Å². The lowest BCUT2D eigenvalue weighted by atomic mass is 10.4. The quantitative estimate of drug-likeness (QED) is 0.550. The molecule has 0 amide bonds. The lowest BCUT2D eigenvalue weighted by Gasteiger charge is -1.69. The topological polar surface area (TPSA) is 0 Å². The highest BCUT2D eigenvalue weighted by atomic mass is 13.7. The van der Waals surface area contributed by atoms with Crippen molar-refractivity contribution in [3.8, 4) is 0 Å². The Morgan fingerprint density at radius 1 is 0.467 bits per heavy atom. The molecule has 0 atom stereocenters. The summed E-state index contributed by atoms with van der Waals surface area (Å²) in [6.07, 6.45) is 0. The molecule has 0 aliphatic rings. The Kier molecular flexibility index (Phi) is 13.4. The van der Waals surface area contributed by atoms with Gasteiger partial charge in [-0.15, -0.1) is 0 Å². The predicted octanol–water partition coefficient (Wildman–Crippen LogP) is 5.28. The molecule has 0 saturated carbocycles. The molecule has 0 aromatic heterocycles. The highest BCUT2D eigenvalue weighted by Crippen LogP contribution is 1.80. The lowest BCUT2D eigenvalue weighted by Crippen LogP contribution is -1.47. The van der Waals surface area contributed by atoms with Crippen LogP contribution in [0.4, 0.5) is 0 Å². The molecule has 0 N–H and O–H groups in total. The molecule has 0 saturated heterocycles. The number of hydrogen-bond donors (Lipinski definition) is 0. The van der Waals surface area contributed by atoms with Gasteiger partial charge in [-0.05, 0) is 0 Å². The van der Waals surface area contributed by atoms with Crippen LogP contribution in [-0.2, 0) is 0 Å². The minimum Gasteiger partial charge on any atom is -0.0776 e. The summed E-state index contributed by atoms with van der Waals surface area (Å²) >= 11 is 0. The molecule has 2 rings (SSSR count). The van der Waals surface area contributed by atoms with E-state index < -0.39 is 0 Å². The van der Waals surface area contributed by atoms with Gasteiger partial charge in [-0.3, -0.25) is 0 Å². The van der Waals surface area contributed by atoms with E-state index in [0.29, 0.717) is 0 Å². The van der Waals surface area contributed by atoms with Crippen LogP contribution in [-0.4, -0.2) is 0 Å². The van der Waals surface area contributed by atoms with Gasteiger partial charge < -0.3 is 0 Å². The maximum atomic E-state index is 5.00. The Hall–Kier alpha value is -1.56. The second-order valence-corrected chi connectivity index (χ2v) is 2.31. The summed E-state index contributed by atoms with van der Waals surface area (Å²) in [4.78, 5) is 0. The average molecular weight is 206 g/mol. The van der Waals surface area contributed by atoms with Crippen molar-refractivity contribution < 1.29 is 2.97 Å². The van der Waals surface area contributed by atoms with Gasteiger partial charge in [0.1, 0.15) is 0 Å². The fraction of sp³-hybridized carbons (Fsp3) is 0.200. The monoisotopic (exact) mass is 206 g/mol. The average Bonchev–Trinajstić information content (AvgIpc) is 2.48. The molecule has 0 aliphatic carbocycles. The zero-order valence-corrected chi connectivity index (χ0v) is 8.93. The molecule has 0 heterocycles. The van der Waals surface area contributed by atoms with Crippen molar-refractivity contribution in [2.75, 3.05) is 0 Å². The Morgan fingerprint density at radius 3 is 0.600 bits per heavy atom. The van der Waals surface area contributed by atoms with E-state index in [1.165, 1.54) is 0 Å². The van der Waals surface area contributed by atoms with E-state index in [2.05, 4.69) is 0 Å². The van der Waals surface area contributed by atoms with Crippen molar-refractivity contribution in [3.05, 3.63) is 72.8 Å². The van der Waals surface area contributed by atoms with Gasteiger partial charge in [0.15, 0.2) is 0 Å². The van der Waals surface area contributed by atoms with Crippen LogP contribution in [0.2, 0.25) is 0 Å². The zero-order chi connectivity index (χ0) is 12.5. The third-order valence-corrected chi connectivity index (χ3v) is 1.33. The van der Waals surface area contributed by atoms with Gasteiger partial charge in [0.2, 0.25) is 0 Å². The van der Waals surface area contributed by atoms with Crippen molar-refractivity contribution in [3.63, 3.8) is 0 Å². The van der Waals surface area contributed by atoms with Gasteiger partial charge in [-0.2, -0.15) is 0 Å². The van der Waals surface area contributed by atoms with E-state index in [4.69, 9.17) is 2.97 Å². The van der Waals surface area contributed by atoms with Crippen molar-refractivity contribution in [2.45, 2.75) is 21.3 Å². The molecule has 84 valence electrons. The minimum absolute atomic E-state index is 0. The largest absolute Gasteiger partial charge is 0.0776 e. The van der Waals surface area contributed by atoms with Gasteiger partial charge in [0.05, 0.1) is 0 Å². The molecular formula is C15H24. The Labute approximate surface area is 97.7 Å². The molecule has 0 fully saturated rings. The summed E-state index contributed by atoms with van der Waals surface area (Å²) in [6.45, 7) is 4.00. The maximum absolute atomic E-state index is 5.00. The predicted molar refractivity (Wildman–Crippen MR) is 73.1 cm³/mol. The first-order valence-electron chi connectivity index (χ1n) is 6.00. The van der Waals surface area contributed by atoms with Crippen LogP contribution in [0.15, 0.2) is 72.8 Å².